The van der Waals surface area contributed by atoms with Crippen LogP contribution in [0, 0.1) is 5.41 Å². The van der Waals surface area contributed by atoms with Crippen LogP contribution in [0.5, 0.6) is 0 Å². The summed E-state index contributed by atoms with van der Waals surface area (Å²) >= 11 is 0. The highest BCUT2D eigenvalue weighted by Crippen LogP contribution is 2.37. The SMILES string of the molecule is CCC1(CC)CCN(C(=O)CCCCN)C1. The van der Waals surface area contributed by atoms with Gasteiger partial charge in [0.25, 0.3) is 0 Å². The zero-order valence-electron chi connectivity index (χ0n) is 10.8. The van der Waals surface area contributed by atoms with Crippen molar-refractivity contribution in [2.24, 2.45) is 11.1 Å². The van der Waals surface area contributed by atoms with Crippen LogP contribution in [0.2, 0.25) is 0 Å². The quantitative estimate of drug-likeness (QED) is 0.705. The molecule has 1 fully saturated rings. The third-order valence-electron chi connectivity index (χ3n) is 4.14. The average molecular weight is 226 g/mol. The number of amides is 1. The summed E-state index contributed by atoms with van der Waals surface area (Å²) in [6, 6.07) is 0. The predicted octanol–water partition coefficient (Wildman–Crippen LogP) is 2.15. The van der Waals surface area contributed by atoms with Crippen molar-refractivity contribution in [2.45, 2.75) is 52.4 Å². The summed E-state index contributed by atoms with van der Waals surface area (Å²) in [5, 5.41) is 0. The van der Waals surface area contributed by atoms with Gasteiger partial charge < -0.3 is 10.6 Å². The summed E-state index contributed by atoms with van der Waals surface area (Å²) in [7, 11) is 0. The van der Waals surface area contributed by atoms with Gasteiger partial charge in [0.2, 0.25) is 5.91 Å². The van der Waals surface area contributed by atoms with Crippen molar-refractivity contribution < 1.29 is 4.79 Å². The molecule has 1 rings (SSSR count). The Labute approximate surface area is 99.4 Å². The minimum atomic E-state index is 0.331. The van der Waals surface area contributed by atoms with E-state index >= 15 is 0 Å². The van der Waals surface area contributed by atoms with Gasteiger partial charge in [-0.2, -0.15) is 0 Å². The van der Waals surface area contributed by atoms with Gasteiger partial charge in [-0.1, -0.05) is 13.8 Å². The van der Waals surface area contributed by atoms with Gasteiger partial charge in [0.15, 0.2) is 0 Å². The van der Waals surface area contributed by atoms with Crippen molar-refractivity contribution >= 4 is 5.91 Å². The van der Waals surface area contributed by atoms with Gasteiger partial charge in [0.1, 0.15) is 0 Å². The molecule has 1 amide bonds. The fraction of sp³-hybridized carbons (Fsp3) is 0.923. The molecule has 3 heteroatoms. The molecule has 0 aromatic heterocycles. The lowest BCUT2D eigenvalue weighted by Crippen LogP contribution is -2.31. The summed E-state index contributed by atoms with van der Waals surface area (Å²) in [5.74, 6) is 0.331. The van der Waals surface area contributed by atoms with E-state index in [1.807, 2.05) is 0 Å². The second-order valence-electron chi connectivity index (χ2n) is 5.02. The number of hydrogen-bond donors (Lipinski definition) is 1. The molecule has 0 atom stereocenters. The van der Waals surface area contributed by atoms with Gasteiger partial charge in [0.05, 0.1) is 0 Å². The Morgan fingerprint density at radius 1 is 1.31 bits per heavy atom. The van der Waals surface area contributed by atoms with E-state index in [4.69, 9.17) is 5.73 Å². The van der Waals surface area contributed by atoms with Crippen molar-refractivity contribution in [1.29, 1.82) is 0 Å². The molecule has 0 aromatic rings. The van der Waals surface area contributed by atoms with Gasteiger partial charge in [-0.3, -0.25) is 4.79 Å². The Kier molecular flexibility index (Phi) is 5.26. The lowest BCUT2D eigenvalue weighted by atomic mass is 9.82. The third-order valence-corrected chi connectivity index (χ3v) is 4.14. The fourth-order valence-corrected chi connectivity index (χ4v) is 2.55. The zero-order valence-corrected chi connectivity index (χ0v) is 10.8. The smallest absolute Gasteiger partial charge is 0.222 e. The van der Waals surface area contributed by atoms with Crippen molar-refractivity contribution in [1.82, 2.24) is 4.90 Å². The van der Waals surface area contributed by atoms with Crippen LogP contribution in [0.3, 0.4) is 0 Å². The van der Waals surface area contributed by atoms with Gasteiger partial charge in [-0.05, 0) is 44.1 Å². The molecular formula is C13H26N2O. The second kappa shape index (κ2) is 6.24. The number of carbonyl (C=O) groups excluding carboxylic acids is 1. The first kappa shape index (κ1) is 13.5. The van der Waals surface area contributed by atoms with Crippen LogP contribution in [-0.4, -0.2) is 30.4 Å². The number of hydrogen-bond acceptors (Lipinski definition) is 2. The van der Waals surface area contributed by atoms with Crippen molar-refractivity contribution in [3.63, 3.8) is 0 Å². The molecule has 3 nitrogen and oxygen atoms in total. The fourth-order valence-electron chi connectivity index (χ4n) is 2.55. The number of nitrogens with two attached hydrogens (primary N) is 1. The van der Waals surface area contributed by atoms with Crippen molar-refractivity contribution in [2.75, 3.05) is 19.6 Å². The monoisotopic (exact) mass is 226 g/mol. The van der Waals surface area contributed by atoms with Crippen LogP contribution in [0.4, 0.5) is 0 Å². The highest BCUT2D eigenvalue weighted by molar-refractivity contribution is 5.76. The summed E-state index contributed by atoms with van der Waals surface area (Å²) in [4.78, 5) is 14.0. The molecule has 0 aliphatic carbocycles. The molecule has 0 unspecified atom stereocenters. The second-order valence-corrected chi connectivity index (χ2v) is 5.02. The van der Waals surface area contributed by atoms with Crippen LogP contribution >= 0.6 is 0 Å². The van der Waals surface area contributed by atoms with Crippen LogP contribution in [0.1, 0.15) is 52.4 Å². The molecule has 2 N–H and O–H groups in total. The number of likely N-dealkylation sites (tertiary alicyclic amines) is 1. The van der Waals surface area contributed by atoms with E-state index in [1.54, 1.807) is 0 Å². The maximum Gasteiger partial charge on any atom is 0.222 e. The zero-order chi connectivity index (χ0) is 12.0. The molecule has 0 spiro atoms. The van der Waals surface area contributed by atoms with E-state index in [1.165, 1.54) is 19.3 Å². The van der Waals surface area contributed by atoms with E-state index < -0.39 is 0 Å². The number of unbranched alkanes of at least 4 members (excludes halogenated alkanes) is 1. The van der Waals surface area contributed by atoms with Crippen LogP contribution in [-0.2, 0) is 4.79 Å². The van der Waals surface area contributed by atoms with Gasteiger partial charge >= 0.3 is 0 Å². The molecule has 16 heavy (non-hydrogen) atoms. The molecule has 0 aromatic carbocycles. The van der Waals surface area contributed by atoms with Crippen LogP contribution in [0.15, 0.2) is 0 Å². The summed E-state index contributed by atoms with van der Waals surface area (Å²) in [5.41, 5.74) is 5.84. The van der Waals surface area contributed by atoms with Crippen LogP contribution < -0.4 is 5.73 Å². The maximum atomic E-state index is 11.9. The maximum absolute atomic E-state index is 11.9. The van der Waals surface area contributed by atoms with Crippen molar-refractivity contribution in [3.05, 3.63) is 0 Å². The summed E-state index contributed by atoms with van der Waals surface area (Å²) in [6.45, 7) is 7.11. The minimum Gasteiger partial charge on any atom is -0.342 e. The van der Waals surface area contributed by atoms with E-state index in [9.17, 15) is 4.79 Å². The van der Waals surface area contributed by atoms with Crippen molar-refractivity contribution in [3.8, 4) is 0 Å². The Hall–Kier alpha value is -0.570. The molecule has 94 valence electrons. The Balaban J connectivity index is 2.37. The van der Waals surface area contributed by atoms with E-state index in [0.717, 1.165) is 25.9 Å². The topological polar surface area (TPSA) is 46.3 Å². The van der Waals surface area contributed by atoms with Gasteiger partial charge in [-0.25, -0.2) is 0 Å². The number of rotatable bonds is 6. The van der Waals surface area contributed by atoms with E-state index in [0.29, 0.717) is 24.3 Å². The average Bonchev–Trinajstić information content (AvgIpc) is 2.74. The van der Waals surface area contributed by atoms with Crippen LogP contribution in [0.25, 0.3) is 0 Å². The molecule has 1 heterocycles. The number of nitrogens with zero attached hydrogens (tertiary/aromatic N) is 1. The summed E-state index contributed by atoms with van der Waals surface area (Å²) < 4.78 is 0. The first-order chi connectivity index (χ1) is 7.67. The largest absolute Gasteiger partial charge is 0.342 e. The normalized spacial score (nSPS) is 19.1. The predicted molar refractivity (Wildman–Crippen MR) is 67.1 cm³/mol. The lowest BCUT2D eigenvalue weighted by Gasteiger charge is -2.26. The standard InChI is InChI=1S/C13H26N2O/c1-3-13(4-2)8-10-15(11-13)12(16)7-5-6-9-14/h3-11,14H2,1-2H3. The molecule has 0 saturated carbocycles. The molecular weight excluding hydrogens is 200 g/mol. The number of carbonyl (C=O) groups is 1. The summed E-state index contributed by atoms with van der Waals surface area (Å²) in [6.07, 6.45) is 6.15. The Morgan fingerprint density at radius 3 is 2.50 bits per heavy atom. The molecule has 0 bridgehead atoms. The molecule has 1 aliphatic rings. The molecule has 0 radical (unpaired) electrons. The highest BCUT2D eigenvalue weighted by Gasteiger charge is 2.36. The molecule has 1 saturated heterocycles. The molecule has 1 aliphatic heterocycles. The van der Waals surface area contributed by atoms with Gasteiger partial charge in [0, 0.05) is 19.5 Å². The lowest BCUT2D eigenvalue weighted by molar-refractivity contribution is -0.130. The minimum absolute atomic E-state index is 0.331. The highest BCUT2D eigenvalue weighted by atomic mass is 16.2. The van der Waals surface area contributed by atoms with Gasteiger partial charge in [-0.15, -0.1) is 0 Å². The Bertz CT molecular complexity index is 224. The first-order valence-corrected chi connectivity index (χ1v) is 6.65. The van der Waals surface area contributed by atoms with E-state index in [2.05, 4.69) is 18.7 Å². The Morgan fingerprint density at radius 2 is 2.00 bits per heavy atom. The third kappa shape index (κ3) is 3.21. The van der Waals surface area contributed by atoms with E-state index in [-0.39, 0.29) is 0 Å². The first-order valence-electron chi connectivity index (χ1n) is 6.65.